The predicted octanol–water partition coefficient (Wildman–Crippen LogP) is 4.64. The third-order valence-corrected chi connectivity index (χ3v) is 6.47. The molecule has 0 spiro atoms. The van der Waals surface area contributed by atoms with Crippen LogP contribution in [0.4, 0.5) is 0 Å². The Labute approximate surface area is 154 Å². The van der Waals surface area contributed by atoms with Gasteiger partial charge in [0.05, 0.1) is 18.7 Å². The second kappa shape index (κ2) is 6.61. The zero-order chi connectivity index (χ0) is 17.4. The first-order valence-electron chi connectivity index (χ1n) is 8.15. The maximum atomic E-state index is 13.0. The molecule has 128 valence electrons. The number of nitrogens with zero attached hydrogens (tertiary/aromatic N) is 2. The number of hydrogen-bond donors (Lipinski definition) is 0. The molecule has 1 unspecified atom stereocenters. The van der Waals surface area contributed by atoms with Crippen molar-refractivity contribution < 1.29 is 9.53 Å². The van der Waals surface area contributed by atoms with E-state index in [1.54, 1.807) is 18.4 Å². The van der Waals surface area contributed by atoms with Crippen molar-refractivity contribution in [2.24, 2.45) is 0 Å². The number of carbonyl (C=O) groups excluding carboxylic acids is 1. The van der Waals surface area contributed by atoms with Crippen LogP contribution in [-0.4, -0.2) is 29.4 Å². The van der Waals surface area contributed by atoms with Crippen LogP contribution in [0.5, 0.6) is 5.75 Å². The van der Waals surface area contributed by atoms with Crippen LogP contribution in [0.1, 0.15) is 33.9 Å². The lowest BCUT2D eigenvalue weighted by molar-refractivity contribution is 0.0674. The number of benzene rings is 1. The molecule has 0 fully saturated rings. The molecule has 1 aliphatic heterocycles. The van der Waals surface area contributed by atoms with Gasteiger partial charge in [-0.3, -0.25) is 4.79 Å². The third-order valence-electron chi connectivity index (χ3n) is 4.60. The van der Waals surface area contributed by atoms with Gasteiger partial charge in [0.2, 0.25) is 0 Å². The molecule has 1 amide bonds. The van der Waals surface area contributed by atoms with Gasteiger partial charge in [0.1, 0.15) is 16.5 Å². The van der Waals surface area contributed by atoms with Crippen LogP contribution in [0.3, 0.4) is 0 Å². The van der Waals surface area contributed by atoms with Crippen LogP contribution in [0.25, 0.3) is 10.6 Å². The highest BCUT2D eigenvalue weighted by molar-refractivity contribution is 7.13. The second-order valence-electron chi connectivity index (χ2n) is 5.96. The molecule has 0 aliphatic carbocycles. The van der Waals surface area contributed by atoms with Crippen molar-refractivity contribution in [3.63, 3.8) is 0 Å². The summed E-state index contributed by atoms with van der Waals surface area (Å²) in [7, 11) is 1.65. The number of thiophene rings is 1. The molecule has 0 bridgehead atoms. The van der Waals surface area contributed by atoms with Gasteiger partial charge in [0.25, 0.3) is 5.91 Å². The number of aromatic nitrogens is 1. The Bertz CT molecular complexity index is 916. The summed E-state index contributed by atoms with van der Waals surface area (Å²) in [5.41, 5.74) is 2.70. The van der Waals surface area contributed by atoms with Crippen LogP contribution in [0, 0.1) is 0 Å². The standard InChI is InChI=1S/C19H18N2O2S2/c1-12-13-8-10-24-17(13)7-9-21(12)19(22)15-11-25-18(20-15)14-5-3-4-6-16(14)23-2/h3-6,8,10-12H,7,9H2,1-2H3. The van der Waals surface area contributed by atoms with Gasteiger partial charge in [-0.2, -0.15) is 0 Å². The van der Waals surface area contributed by atoms with Crippen molar-refractivity contribution in [1.82, 2.24) is 9.88 Å². The van der Waals surface area contributed by atoms with Gasteiger partial charge in [0.15, 0.2) is 0 Å². The lowest BCUT2D eigenvalue weighted by atomic mass is 10.0. The maximum Gasteiger partial charge on any atom is 0.273 e. The predicted molar refractivity (Wildman–Crippen MR) is 102 cm³/mol. The molecule has 2 aromatic heterocycles. The van der Waals surface area contributed by atoms with E-state index in [0.29, 0.717) is 5.69 Å². The Balaban J connectivity index is 1.61. The quantitative estimate of drug-likeness (QED) is 0.674. The van der Waals surface area contributed by atoms with Crippen LogP contribution < -0.4 is 4.74 Å². The van der Waals surface area contributed by atoms with Gasteiger partial charge in [-0.05, 0) is 42.5 Å². The molecule has 0 radical (unpaired) electrons. The fraction of sp³-hybridized carbons (Fsp3) is 0.263. The van der Waals surface area contributed by atoms with E-state index >= 15 is 0 Å². The first-order chi connectivity index (χ1) is 12.2. The molecule has 6 heteroatoms. The summed E-state index contributed by atoms with van der Waals surface area (Å²) in [6.45, 7) is 2.84. The lowest BCUT2D eigenvalue weighted by Crippen LogP contribution is -2.38. The fourth-order valence-corrected chi connectivity index (χ4v) is 5.04. The molecular formula is C19H18N2O2S2. The molecule has 0 saturated heterocycles. The topological polar surface area (TPSA) is 42.4 Å². The van der Waals surface area contributed by atoms with Gasteiger partial charge < -0.3 is 9.64 Å². The van der Waals surface area contributed by atoms with Gasteiger partial charge in [0, 0.05) is 16.8 Å². The molecule has 3 heterocycles. The Morgan fingerprint density at radius 2 is 2.12 bits per heavy atom. The molecule has 1 aromatic carbocycles. The molecule has 0 N–H and O–H groups in total. The van der Waals surface area contributed by atoms with E-state index in [4.69, 9.17) is 4.74 Å². The third kappa shape index (κ3) is 2.85. The van der Waals surface area contributed by atoms with E-state index in [9.17, 15) is 4.79 Å². The summed E-state index contributed by atoms with van der Waals surface area (Å²) in [6, 6.07) is 9.97. The summed E-state index contributed by atoms with van der Waals surface area (Å²) in [4.78, 5) is 20.9. The molecule has 3 aromatic rings. The highest BCUT2D eigenvalue weighted by atomic mass is 32.1. The van der Waals surface area contributed by atoms with Crippen molar-refractivity contribution in [2.75, 3.05) is 13.7 Å². The van der Waals surface area contributed by atoms with E-state index in [0.717, 1.165) is 29.3 Å². The number of carbonyl (C=O) groups is 1. The summed E-state index contributed by atoms with van der Waals surface area (Å²) in [6.07, 6.45) is 0.923. The van der Waals surface area contributed by atoms with Crippen LogP contribution in [0.15, 0.2) is 41.1 Å². The molecule has 1 aliphatic rings. The van der Waals surface area contributed by atoms with E-state index < -0.39 is 0 Å². The summed E-state index contributed by atoms with van der Waals surface area (Å²) < 4.78 is 5.41. The minimum Gasteiger partial charge on any atom is -0.496 e. The van der Waals surface area contributed by atoms with E-state index in [-0.39, 0.29) is 11.9 Å². The lowest BCUT2D eigenvalue weighted by Gasteiger charge is -2.33. The number of thiazole rings is 1. The highest BCUT2D eigenvalue weighted by Gasteiger charge is 2.30. The average molecular weight is 370 g/mol. The largest absolute Gasteiger partial charge is 0.496 e. The maximum absolute atomic E-state index is 13.0. The molecule has 4 nitrogen and oxygen atoms in total. The molecular weight excluding hydrogens is 352 g/mol. The number of rotatable bonds is 3. The Hall–Kier alpha value is -2.18. The van der Waals surface area contributed by atoms with Crippen molar-refractivity contribution in [3.8, 4) is 16.3 Å². The monoisotopic (exact) mass is 370 g/mol. The smallest absolute Gasteiger partial charge is 0.273 e. The van der Waals surface area contributed by atoms with Crippen LogP contribution in [-0.2, 0) is 6.42 Å². The number of methoxy groups -OCH3 is 1. The van der Waals surface area contributed by atoms with Crippen LogP contribution >= 0.6 is 22.7 Å². The minimum atomic E-state index is 0.00162. The Morgan fingerprint density at radius 1 is 1.28 bits per heavy atom. The van der Waals surface area contributed by atoms with Gasteiger partial charge in [-0.25, -0.2) is 4.98 Å². The number of amides is 1. The van der Waals surface area contributed by atoms with Crippen molar-refractivity contribution >= 4 is 28.6 Å². The number of hydrogen-bond acceptors (Lipinski definition) is 5. The number of para-hydroxylation sites is 1. The zero-order valence-electron chi connectivity index (χ0n) is 14.1. The summed E-state index contributed by atoms with van der Waals surface area (Å²) in [5.74, 6) is 0.770. The fourth-order valence-electron chi connectivity index (χ4n) is 3.25. The van der Waals surface area contributed by atoms with E-state index in [1.807, 2.05) is 34.5 Å². The highest BCUT2D eigenvalue weighted by Crippen LogP contribution is 2.35. The van der Waals surface area contributed by atoms with Gasteiger partial charge in [-0.1, -0.05) is 12.1 Å². The van der Waals surface area contributed by atoms with E-state index in [2.05, 4.69) is 23.4 Å². The van der Waals surface area contributed by atoms with Crippen molar-refractivity contribution in [2.45, 2.75) is 19.4 Å². The number of fused-ring (bicyclic) bond motifs is 1. The number of ether oxygens (including phenoxy) is 1. The van der Waals surface area contributed by atoms with Crippen molar-refractivity contribution in [1.29, 1.82) is 0 Å². The molecule has 25 heavy (non-hydrogen) atoms. The molecule has 1 atom stereocenters. The zero-order valence-corrected chi connectivity index (χ0v) is 15.7. The minimum absolute atomic E-state index is 0.00162. The van der Waals surface area contributed by atoms with Gasteiger partial charge in [-0.15, -0.1) is 22.7 Å². The summed E-state index contributed by atoms with van der Waals surface area (Å²) >= 11 is 3.26. The van der Waals surface area contributed by atoms with Crippen molar-refractivity contribution in [3.05, 3.63) is 57.2 Å². The Morgan fingerprint density at radius 3 is 2.96 bits per heavy atom. The first kappa shape index (κ1) is 16.3. The second-order valence-corrected chi connectivity index (χ2v) is 7.82. The van der Waals surface area contributed by atoms with Gasteiger partial charge >= 0.3 is 0 Å². The molecule has 0 saturated carbocycles. The average Bonchev–Trinajstić information content (AvgIpc) is 3.31. The van der Waals surface area contributed by atoms with Crippen LogP contribution in [0.2, 0.25) is 0 Å². The molecule has 4 rings (SSSR count). The van der Waals surface area contributed by atoms with E-state index in [1.165, 1.54) is 21.8 Å². The Kier molecular flexibility index (Phi) is 4.31. The first-order valence-corrected chi connectivity index (χ1v) is 9.91. The SMILES string of the molecule is COc1ccccc1-c1nc(C(=O)N2CCc3sccc3C2C)cs1. The normalized spacial score (nSPS) is 16.6. The summed E-state index contributed by atoms with van der Waals surface area (Å²) in [5, 5.41) is 4.76.